The first-order valence-corrected chi connectivity index (χ1v) is 13.2. The molecule has 0 spiro atoms. The minimum Gasteiger partial charge on any atom is -0.455 e. The number of non-ortho nitro benzene ring substituents is 1. The van der Waals surface area contributed by atoms with Crippen LogP contribution in [0.25, 0.3) is 11.3 Å². The SMILES string of the molecule is O=C(NC1CCCCC1)c1c(/N=C/c2ccc(-c3cc([N+](=O)[O-])ccc3Cl)o2)sc2c1CCCC2. The second-order valence-electron chi connectivity index (χ2n) is 9.08. The van der Waals surface area contributed by atoms with E-state index in [0.29, 0.717) is 32.7 Å². The van der Waals surface area contributed by atoms with E-state index in [4.69, 9.17) is 16.0 Å². The number of benzene rings is 1. The second-order valence-corrected chi connectivity index (χ2v) is 10.6. The van der Waals surface area contributed by atoms with Crippen molar-refractivity contribution in [3.8, 4) is 11.3 Å². The Morgan fingerprint density at radius 2 is 1.94 bits per heavy atom. The Balaban J connectivity index is 1.41. The molecule has 2 heterocycles. The number of hydrogen-bond acceptors (Lipinski definition) is 6. The lowest BCUT2D eigenvalue weighted by Crippen LogP contribution is -2.36. The molecule has 2 aliphatic carbocycles. The summed E-state index contributed by atoms with van der Waals surface area (Å²) in [5, 5.41) is 15.5. The van der Waals surface area contributed by atoms with Crippen molar-refractivity contribution >= 4 is 45.7 Å². The van der Waals surface area contributed by atoms with Crippen LogP contribution in [0.3, 0.4) is 0 Å². The molecule has 1 aromatic carbocycles. The summed E-state index contributed by atoms with van der Waals surface area (Å²) in [6.07, 6.45) is 11.3. The van der Waals surface area contributed by atoms with E-state index < -0.39 is 4.92 Å². The van der Waals surface area contributed by atoms with E-state index in [2.05, 4.69) is 10.3 Å². The molecule has 35 heavy (non-hydrogen) atoms. The largest absolute Gasteiger partial charge is 0.455 e. The maximum Gasteiger partial charge on any atom is 0.270 e. The van der Waals surface area contributed by atoms with Gasteiger partial charge in [-0.15, -0.1) is 11.3 Å². The molecule has 2 aromatic heterocycles. The molecule has 0 aliphatic heterocycles. The van der Waals surface area contributed by atoms with Gasteiger partial charge in [0.05, 0.1) is 21.7 Å². The number of furan rings is 1. The highest BCUT2D eigenvalue weighted by Gasteiger charge is 2.27. The number of halogens is 1. The van der Waals surface area contributed by atoms with E-state index in [1.54, 1.807) is 29.7 Å². The predicted octanol–water partition coefficient (Wildman–Crippen LogP) is 7.26. The summed E-state index contributed by atoms with van der Waals surface area (Å²) in [7, 11) is 0. The zero-order valence-electron chi connectivity index (χ0n) is 19.2. The Morgan fingerprint density at radius 1 is 1.14 bits per heavy atom. The molecule has 0 atom stereocenters. The maximum atomic E-state index is 13.3. The fourth-order valence-electron chi connectivity index (χ4n) is 4.89. The van der Waals surface area contributed by atoms with Crippen molar-refractivity contribution in [3.63, 3.8) is 0 Å². The van der Waals surface area contributed by atoms with Gasteiger partial charge < -0.3 is 9.73 Å². The third-order valence-corrected chi connectivity index (χ3v) is 8.21. The lowest BCUT2D eigenvalue weighted by Gasteiger charge is -2.23. The van der Waals surface area contributed by atoms with Crippen LogP contribution in [0, 0.1) is 10.1 Å². The number of nitro benzene ring substituents is 1. The van der Waals surface area contributed by atoms with Crippen LogP contribution in [0.2, 0.25) is 5.02 Å². The molecule has 0 saturated heterocycles. The first-order valence-electron chi connectivity index (χ1n) is 12.0. The number of aryl methyl sites for hydroxylation is 1. The van der Waals surface area contributed by atoms with E-state index in [-0.39, 0.29) is 17.6 Å². The molecule has 1 fully saturated rings. The van der Waals surface area contributed by atoms with Crippen LogP contribution in [-0.2, 0) is 12.8 Å². The van der Waals surface area contributed by atoms with Crippen molar-refractivity contribution in [2.75, 3.05) is 0 Å². The summed E-state index contributed by atoms with van der Waals surface area (Å²) >= 11 is 7.84. The molecular weight excluding hydrogens is 486 g/mol. The third-order valence-electron chi connectivity index (χ3n) is 6.68. The normalized spacial score (nSPS) is 16.4. The zero-order valence-corrected chi connectivity index (χ0v) is 20.8. The number of thiophene rings is 1. The number of rotatable bonds is 6. The number of fused-ring (bicyclic) bond motifs is 1. The topological polar surface area (TPSA) is 97.7 Å². The van der Waals surface area contributed by atoms with Crippen molar-refractivity contribution in [3.05, 3.63) is 67.2 Å². The standard InChI is InChI=1S/C26H26ClN3O4S/c27-21-12-10-17(30(32)33)14-20(21)22-13-11-18(34-22)15-28-26-24(19-8-4-5-9-23(19)35-26)25(31)29-16-6-2-1-3-7-16/h10-16H,1-9H2,(H,29,31)/b28-15+. The minimum absolute atomic E-state index is 0.0213. The van der Waals surface area contributed by atoms with Gasteiger partial charge in [-0.1, -0.05) is 30.9 Å². The van der Waals surface area contributed by atoms with Crippen LogP contribution in [0.15, 0.2) is 39.7 Å². The van der Waals surface area contributed by atoms with Crippen LogP contribution in [-0.4, -0.2) is 23.1 Å². The van der Waals surface area contributed by atoms with Crippen molar-refractivity contribution in [2.45, 2.75) is 63.8 Å². The minimum atomic E-state index is -0.469. The number of amides is 1. The van der Waals surface area contributed by atoms with Crippen LogP contribution in [0.4, 0.5) is 10.7 Å². The number of nitrogens with zero attached hydrogens (tertiary/aromatic N) is 2. The fourth-order valence-corrected chi connectivity index (χ4v) is 6.33. The molecule has 0 unspecified atom stereocenters. The lowest BCUT2D eigenvalue weighted by molar-refractivity contribution is -0.384. The first kappa shape index (κ1) is 23.8. The summed E-state index contributed by atoms with van der Waals surface area (Å²) in [4.78, 5) is 29.9. The summed E-state index contributed by atoms with van der Waals surface area (Å²) in [5.41, 5.74) is 2.23. The van der Waals surface area contributed by atoms with Crippen molar-refractivity contribution < 1.29 is 14.1 Å². The fraction of sp³-hybridized carbons (Fsp3) is 0.385. The number of hydrogen-bond donors (Lipinski definition) is 1. The van der Waals surface area contributed by atoms with Crippen LogP contribution in [0.1, 0.15) is 71.5 Å². The monoisotopic (exact) mass is 511 g/mol. The molecule has 7 nitrogen and oxygen atoms in total. The molecule has 5 rings (SSSR count). The van der Waals surface area contributed by atoms with Gasteiger partial charge in [-0.2, -0.15) is 0 Å². The molecule has 2 aliphatic rings. The van der Waals surface area contributed by atoms with E-state index in [0.717, 1.165) is 56.9 Å². The van der Waals surface area contributed by atoms with Crippen molar-refractivity contribution in [1.29, 1.82) is 0 Å². The van der Waals surface area contributed by atoms with Gasteiger partial charge in [-0.25, -0.2) is 4.99 Å². The van der Waals surface area contributed by atoms with Crippen LogP contribution in [0.5, 0.6) is 0 Å². The molecule has 1 saturated carbocycles. The average Bonchev–Trinajstić information content (AvgIpc) is 3.48. The van der Waals surface area contributed by atoms with Crippen molar-refractivity contribution in [2.24, 2.45) is 4.99 Å². The highest BCUT2D eigenvalue weighted by atomic mass is 35.5. The van der Waals surface area contributed by atoms with Crippen molar-refractivity contribution in [1.82, 2.24) is 5.32 Å². The number of nitrogens with one attached hydrogen (secondary N) is 1. The van der Waals surface area contributed by atoms with Gasteiger partial charge >= 0.3 is 0 Å². The van der Waals surface area contributed by atoms with Gasteiger partial charge in [0, 0.05) is 28.6 Å². The van der Waals surface area contributed by atoms with E-state index in [1.165, 1.54) is 29.5 Å². The smallest absolute Gasteiger partial charge is 0.270 e. The maximum absolute atomic E-state index is 13.3. The molecule has 0 radical (unpaired) electrons. The lowest BCUT2D eigenvalue weighted by atomic mass is 9.93. The van der Waals surface area contributed by atoms with Gasteiger partial charge in [-0.05, 0) is 62.3 Å². The molecule has 1 amide bonds. The highest BCUT2D eigenvalue weighted by Crippen LogP contribution is 2.40. The molecule has 0 bridgehead atoms. The van der Waals surface area contributed by atoms with Crippen LogP contribution < -0.4 is 5.32 Å². The van der Waals surface area contributed by atoms with Gasteiger partial charge in [0.1, 0.15) is 16.5 Å². The zero-order chi connectivity index (χ0) is 24.4. The first-order chi connectivity index (χ1) is 17.0. The molecule has 9 heteroatoms. The average molecular weight is 512 g/mol. The Bertz CT molecular complexity index is 1290. The number of aliphatic imine (C=N–C) groups is 1. The highest BCUT2D eigenvalue weighted by molar-refractivity contribution is 7.16. The summed E-state index contributed by atoms with van der Waals surface area (Å²) in [6, 6.07) is 7.92. The van der Waals surface area contributed by atoms with Gasteiger partial charge in [-0.3, -0.25) is 14.9 Å². The summed E-state index contributed by atoms with van der Waals surface area (Å²) in [6.45, 7) is 0. The summed E-state index contributed by atoms with van der Waals surface area (Å²) in [5.74, 6) is 0.875. The third kappa shape index (κ3) is 5.18. The number of carbonyl (C=O) groups is 1. The van der Waals surface area contributed by atoms with Gasteiger partial charge in [0.2, 0.25) is 0 Å². The van der Waals surface area contributed by atoms with Gasteiger partial charge in [0.15, 0.2) is 0 Å². The Morgan fingerprint density at radius 3 is 2.74 bits per heavy atom. The van der Waals surface area contributed by atoms with E-state index in [9.17, 15) is 14.9 Å². The summed E-state index contributed by atoms with van der Waals surface area (Å²) < 4.78 is 5.88. The van der Waals surface area contributed by atoms with Gasteiger partial charge in [0.25, 0.3) is 11.6 Å². The molecule has 182 valence electrons. The second kappa shape index (κ2) is 10.3. The Kier molecular flexibility index (Phi) is 7.02. The number of carbonyl (C=O) groups excluding carboxylic acids is 1. The van der Waals surface area contributed by atoms with E-state index >= 15 is 0 Å². The Labute approximate surface area is 212 Å². The quantitative estimate of drug-likeness (QED) is 0.214. The molecule has 1 N–H and O–H groups in total. The van der Waals surface area contributed by atoms with Crippen LogP contribution >= 0.6 is 22.9 Å². The molecule has 3 aromatic rings. The Hall–Kier alpha value is -2.97. The predicted molar refractivity (Wildman–Crippen MR) is 138 cm³/mol. The van der Waals surface area contributed by atoms with E-state index in [1.807, 2.05) is 0 Å². The molecular formula is C26H26ClN3O4S. The number of nitro groups is 1.